The number of amides is 1. The number of thiocarbonyl (C=S) groups is 1. The Kier molecular flexibility index (Phi) is 4.53. The fourth-order valence-corrected chi connectivity index (χ4v) is 2.59. The summed E-state index contributed by atoms with van der Waals surface area (Å²) < 4.78 is 0.392. The number of hydrogen-bond acceptors (Lipinski definition) is 4. The molecular formula is C9H13NO3S2. The second kappa shape index (κ2) is 5.46. The molecule has 4 nitrogen and oxygen atoms in total. The predicted molar refractivity (Wildman–Crippen MR) is 62.9 cm³/mol. The summed E-state index contributed by atoms with van der Waals surface area (Å²) in [5, 5.41) is 9.03. The summed E-state index contributed by atoms with van der Waals surface area (Å²) in [6.07, 6.45) is 2.16. The van der Waals surface area contributed by atoms with Crippen molar-refractivity contribution >= 4 is 40.2 Å². The topological polar surface area (TPSA) is 57.6 Å². The highest BCUT2D eigenvalue weighted by Crippen LogP contribution is 2.24. The van der Waals surface area contributed by atoms with Gasteiger partial charge in [-0.3, -0.25) is 9.69 Å². The molecule has 0 unspecified atom stereocenters. The van der Waals surface area contributed by atoms with Crippen LogP contribution in [-0.4, -0.2) is 38.0 Å². The van der Waals surface area contributed by atoms with Gasteiger partial charge in [0.1, 0.15) is 10.4 Å². The maximum Gasteiger partial charge on any atom is 0.326 e. The van der Waals surface area contributed by atoms with Crippen molar-refractivity contribution in [2.45, 2.75) is 32.2 Å². The molecule has 1 aliphatic heterocycles. The molecule has 1 saturated heterocycles. The highest BCUT2D eigenvalue weighted by molar-refractivity contribution is 8.23. The summed E-state index contributed by atoms with van der Waals surface area (Å²) in [6.45, 7) is 1.98. The van der Waals surface area contributed by atoms with E-state index in [1.165, 1.54) is 16.7 Å². The zero-order valence-electron chi connectivity index (χ0n) is 8.43. The van der Waals surface area contributed by atoms with Crippen LogP contribution in [0.3, 0.4) is 0 Å². The van der Waals surface area contributed by atoms with Crippen molar-refractivity contribution in [2.24, 2.45) is 0 Å². The third-order valence-electron chi connectivity index (χ3n) is 2.21. The molecular weight excluding hydrogens is 234 g/mol. The van der Waals surface area contributed by atoms with Crippen molar-refractivity contribution in [3.8, 4) is 0 Å². The highest BCUT2D eigenvalue weighted by atomic mass is 32.2. The number of hydrogen-bond donors (Lipinski definition) is 1. The Labute approximate surface area is 98.0 Å². The van der Waals surface area contributed by atoms with Gasteiger partial charge < -0.3 is 5.11 Å². The zero-order valence-corrected chi connectivity index (χ0v) is 10.1. The second-order valence-corrected chi connectivity index (χ2v) is 4.92. The van der Waals surface area contributed by atoms with Gasteiger partial charge in [0.2, 0.25) is 5.91 Å². The van der Waals surface area contributed by atoms with E-state index in [4.69, 9.17) is 17.3 Å². The standard InChI is InChI=1S/C9H13NO3S2/c1-2-3-4-6(8(12)13)10-7(11)5-15-9(10)14/h6H,2-5H2,1H3,(H,12,13)/t6-/m0/s1. The first-order valence-electron chi connectivity index (χ1n) is 4.79. The molecule has 0 bridgehead atoms. The van der Waals surface area contributed by atoms with Crippen molar-refractivity contribution in [1.82, 2.24) is 4.90 Å². The Hall–Kier alpha value is -0.620. The number of rotatable bonds is 5. The molecule has 0 aromatic heterocycles. The van der Waals surface area contributed by atoms with Crippen molar-refractivity contribution in [3.05, 3.63) is 0 Å². The van der Waals surface area contributed by atoms with Gasteiger partial charge in [0, 0.05) is 0 Å². The van der Waals surface area contributed by atoms with E-state index in [0.717, 1.165) is 12.8 Å². The average Bonchev–Trinajstić information content (AvgIpc) is 2.49. The number of aliphatic carboxylic acids is 1. The molecule has 0 saturated carbocycles. The van der Waals surface area contributed by atoms with Crippen LogP contribution in [0, 0.1) is 0 Å². The van der Waals surface area contributed by atoms with Crippen LogP contribution in [0.15, 0.2) is 0 Å². The summed E-state index contributed by atoms with van der Waals surface area (Å²) in [5.41, 5.74) is 0. The molecule has 84 valence electrons. The third kappa shape index (κ3) is 2.92. The summed E-state index contributed by atoms with van der Waals surface area (Å²) in [5.74, 6) is -0.885. The van der Waals surface area contributed by atoms with E-state index >= 15 is 0 Å². The normalized spacial score (nSPS) is 18.3. The molecule has 1 N–H and O–H groups in total. The van der Waals surface area contributed by atoms with E-state index in [2.05, 4.69) is 0 Å². The van der Waals surface area contributed by atoms with Crippen LogP contribution in [-0.2, 0) is 9.59 Å². The first kappa shape index (κ1) is 12.4. The maximum absolute atomic E-state index is 11.4. The third-order valence-corrected chi connectivity index (χ3v) is 3.60. The lowest BCUT2D eigenvalue weighted by Gasteiger charge is -2.23. The van der Waals surface area contributed by atoms with Crippen LogP contribution in [0.2, 0.25) is 0 Å². The number of carbonyl (C=O) groups excluding carboxylic acids is 1. The smallest absolute Gasteiger partial charge is 0.326 e. The number of carboxylic acids is 1. The quantitative estimate of drug-likeness (QED) is 0.746. The fourth-order valence-electron chi connectivity index (χ4n) is 1.43. The van der Waals surface area contributed by atoms with Gasteiger partial charge in [-0.15, -0.1) is 0 Å². The maximum atomic E-state index is 11.4. The van der Waals surface area contributed by atoms with Gasteiger partial charge in [-0.05, 0) is 6.42 Å². The zero-order chi connectivity index (χ0) is 11.4. The van der Waals surface area contributed by atoms with E-state index in [1.54, 1.807) is 0 Å². The number of thioether (sulfide) groups is 1. The first-order valence-corrected chi connectivity index (χ1v) is 6.19. The van der Waals surface area contributed by atoms with Crippen molar-refractivity contribution in [1.29, 1.82) is 0 Å². The van der Waals surface area contributed by atoms with Gasteiger partial charge in [0.15, 0.2) is 0 Å². The number of carboxylic acid groups (broad SMARTS) is 1. The van der Waals surface area contributed by atoms with Gasteiger partial charge in [-0.1, -0.05) is 43.7 Å². The molecule has 1 rings (SSSR count). The minimum Gasteiger partial charge on any atom is -0.480 e. The van der Waals surface area contributed by atoms with E-state index in [-0.39, 0.29) is 11.7 Å². The number of unbranched alkanes of at least 4 members (excludes halogenated alkanes) is 1. The van der Waals surface area contributed by atoms with Crippen LogP contribution in [0.1, 0.15) is 26.2 Å². The van der Waals surface area contributed by atoms with E-state index in [0.29, 0.717) is 10.7 Å². The van der Waals surface area contributed by atoms with Crippen LogP contribution >= 0.6 is 24.0 Å². The summed E-state index contributed by atoms with van der Waals surface area (Å²) in [6, 6.07) is -0.778. The number of carbonyl (C=O) groups is 2. The number of nitrogens with zero attached hydrogens (tertiary/aromatic N) is 1. The summed E-state index contributed by atoms with van der Waals surface area (Å²) in [7, 11) is 0. The Balaban J connectivity index is 2.74. The monoisotopic (exact) mass is 247 g/mol. The van der Waals surface area contributed by atoms with Crippen molar-refractivity contribution in [2.75, 3.05) is 5.75 Å². The van der Waals surface area contributed by atoms with Crippen LogP contribution in [0.4, 0.5) is 0 Å². The van der Waals surface area contributed by atoms with Gasteiger partial charge in [-0.25, -0.2) is 4.79 Å². The minimum absolute atomic E-state index is 0.187. The lowest BCUT2D eigenvalue weighted by atomic mass is 10.1. The molecule has 0 aliphatic carbocycles. The molecule has 0 spiro atoms. The van der Waals surface area contributed by atoms with Gasteiger partial charge in [-0.2, -0.15) is 0 Å². The van der Waals surface area contributed by atoms with E-state index in [1.807, 2.05) is 6.92 Å². The Bertz CT molecular complexity index is 277. The molecule has 15 heavy (non-hydrogen) atoms. The van der Waals surface area contributed by atoms with Gasteiger partial charge >= 0.3 is 5.97 Å². The molecule has 1 fully saturated rings. The lowest BCUT2D eigenvalue weighted by Crippen LogP contribution is -2.44. The Morgan fingerprint density at radius 2 is 2.40 bits per heavy atom. The largest absolute Gasteiger partial charge is 0.480 e. The van der Waals surface area contributed by atoms with Crippen molar-refractivity contribution < 1.29 is 14.7 Å². The van der Waals surface area contributed by atoms with Gasteiger partial charge in [0.05, 0.1) is 5.75 Å². The second-order valence-electron chi connectivity index (χ2n) is 3.31. The lowest BCUT2D eigenvalue weighted by molar-refractivity contribution is -0.146. The van der Waals surface area contributed by atoms with Crippen LogP contribution in [0.5, 0.6) is 0 Å². The SMILES string of the molecule is CCCC[C@@H](C(=O)O)N1C(=O)CSC1=S. The van der Waals surface area contributed by atoms with Crippen LogP contribution in [0.25, 0.3) is 0 Å². The van der Waals surface area contributed by atoms with Crippen molar-refractivity contribution in [3.63, 3.8) is 0 Å². The molecule has 0 aromatic rings. The first-order chi connectivity index (χ1) is 7.07. The van der Waals surface area contributed by atoms with Gasteiger partial charge in [0.25, 0.3) is 0 Å². The Morgan fingerprint density at radius 3 is 2.80 bits per heavy atom. The predicted octanol–water partition coefficient (Wildman–Crippen LogP) is 1.49. The summed E-state index contributed by atoms with van der Waals surface area (Å²) in [4.78, 5) is 23.7. The highest BCUT2D eigenvalue weighted by Gasteiger charge is 2.36. The van der Waals surface area contributed by atoms with Crippen LogP contribution < -0.4 is 0 Å². The summed E-state index contributed by atoms with van der Waals surface area (Å²) >= 11 is 6.21. The molecule has 1 aliphatic rings. The fraction of sp³-hybridized carbons (Fsp3) is 0.667. The Morgan fingerprint density at radius 1 is 1.73 bits per heavy atom. The molecule has 1 atom stereocenters. The molecule has 0 aromatic carbocycles. The molecule has 1 amide bonds. The molecule has 6 heteroatoms. The van der Waals surface area contributed by atoms with E-state index < -0.39 is 12.0 Å². The molecule has 1 heterocycles. The van der Waals surface area contributed by atoms with E-state index in [9.17, 15) is 9.59 Å². The minimum atomic E-state index is -0.971. The molecule has 0 radical (unpaired) electrons. The average molecular weight is 247 g/mol.